The minimum absolute atomic E-state index is 0.0711. The Hall–Kier alpha value is -2.21. The maximum Gasteiger partial charge on any atom is 0.310 e. The average Bonchev–Trinajstić information content (AvgIpc) is 2.66. The Labute approximate surface area is 122 Å². The van der Waals surface area contributed by atoms with Crippen molar-refractivity contribution >= 4 is 11.7 Å². The number of rotatable bonds is 3. The summed E-state index contributed by atoms with van der Waals surface area (Å²) in [4.78, 5) is 22.5. The van der Waals surface area contributed by atoms with Gasteiger partial charge in [-0.05, 0) is 31.9 Å². The minimum Gasteiger partial charge on any atom is -0.460 e. The highest BCUT2D eigenvalue weighted by atomic mass is 16.6. The van der Waals surface area contributed by atoms with E-state index in [1.807, 2.05) is 0 Å². The van der Waals surface area contributed by atoms with Crippen LogP contribution in [0.5, 0.6) is 0 Å². The fourth-order valence-corrected chi connectivity index (χ4v) is 2.33. The van der Waals surface area contributed by atoms with Crippen molar-refractivity contribution in [1.82, 2.24) is 0 Å². The zero-order chi connectivity index (χ0) is 15.8. The molecule has 0 heterocycles. The van der Waals surface area contributed by atoms with E-state index in [1.165, 1.54) is 6.08 Å². The number of nitro groups is 1. The van der Waals surface area contributed by atoms with E-state index in [-0.39, 0.29) is 12.1 Å². The van der Waals surface area contributed by atoms with Gasteiger partial charge >= 0.3 is 5.97 Å². The van der Waals surface area contributed by atoms with Crippen LogP contribution in [0.25, 0.3) is 5.70 Å². The van der Waals surface area contributed by atoms with Crippen LogP contribution in [-0.2, 0) is 16.0 Å². The van der Waals surface area contributed by atoms with Crippen molar-refractivity contribution in [2.45, 2.75) is 38.9 Å². The summed E-state index contributed by atoms with van der Waals surface area (Å²) in [5, 5.41) is 20.9. The van der Waals surface area contributed by atoms with Gasteiger partial charge in [0.25, 0.3) is 5.70 Å². The molecule has 1 atom stereocenters. The Balaban J connectivity index is 2.34. The normalized spacial score (nSPS) is 17.1. The highest BCUT2D eigenvalue weighted by molar-refractivity contribution is 5.78. The van der Waals surface area contributed by atoms with E-state index in [4.69, 9.17) is 4.74 Å². The number of ether oxygens (including phenoxy) is 1. The van der Waals surface area contributed by atoms with Crippen LogP contribution in [0.2, 0.25) is 0 Å². The summed E-state index contributed by atoms with van der Waals surface area (Å²) in [6.45, 7) is 5.27. The number of hydrogen-bond donors (Lipinski definition) is 1. The number of aliphatic hydroxyl groups is 1. The Morgan fingerprint density at radius 1 is 1.43 bits per heavy atom. The van der Waals surface area contributed by atoms with Gasteiger partial charge in [0.05, 0.1) is 16.9 Å². The molecule has 2 rings (SSSR count). The first kappa shape index (κ1) is 15.2. The van der Waals surface area contributed by atoms with Crippen LogP contribution in [0, 0.1) is 10.1 Å². The lowest BCUT2D eigenvalue weighted by molar-refractivity contribution is -0.375. The van der Waals surface area contributed by atoms with E-state index in [0.29, 0.717) is 16.7 Å². The third-order valence-corrected chi connectivity index (χ3v) is 3.03. The highest BCUT2D eigenvalue weighted by Gasteiger charge is 2.32. The first-order chi connectivity index (χ1) is 9.69. The van der Waals surface area contributed by atoms with Crippen LogP contribution >= 0.6 is 0 Å². The molecule has 0 bridgehead atoms. The lowest BCUT2D eigenvalue weighted by atomic mass is 9.99. The predicted octanol–water partition coefficient (Wildman–Crippen LogP) is 2.24. The van der Waals surface area contributed by atoms with Gasteiger partial charge in [0.1, 0.15) is 11.7 Å². The Bertz CT molecular complexity index is 627. The van der Waals surface area contributed by atoms with Crippen molar-refractivity contribution in [1.29, 1.82) is 0 Å². The molecule has 112 valence electrons. The number of carbonyl (C=O) groups is 1. The molecule has 0 spiro atoms. The van der Waals surface area contributed by atoms with Crippen LogP contribution in [0.1, 0.15) is 43.6 Å². The third kappa shape index (κ3) is 3.28. The van der Waals surface area contributed by atoms with Crippen LogP contribution < -0.4 is 0 Å². The molecule has 1 aliphatic carbocycles. The molecule has 0 amide bonds. The zero-order valence-electron chi connectivity index (χ0n) is 12.1. The van der Waals surface area contributed by atoms with Crippen molar-refractivity contribution in [2.24, 2.45) is 0 Å². The molecule has 0 saturated heterocycles. The quantitative estimate of drug-likeness (QED) is 0.524. The number of fused-ring (bicyclic) bond motifs is 1. The van der Waals surface area contributed by atoms with Gasteiger partial charge < -0.3 is 9.84 Å². The molecule has 0 saturated carbocycles. The predicted molar refractivity (Wildman–Crippen MR) is 75.9 cm³/mol. The van der Waals surface area contributed by atoms with Crippen LogP contribution in [0.3, 0.4) is 0 Å². The SMILES string of the molecule is CC(C)(C)OC(=O)Cc1cccc2c1C([N+](=O)[O-])=CC2O. The molecule has 1 N–H and O–H groups in total. The summed E-state index contributed by atoms with van der Waals surface area (Å²) < 4.78 is 5.23. The number of carbonyl (C=O) groups excluding carboxylic acids is 1. The molecule has 0 fully saturated rings. The second-order valence-corrected chi connectivity index (χ2v) is 5.90. The zero-order valence-corrected chi connectivity index (χ0v) is 12.1. The van der Waals surface area contributed by atoms with Crippen molar-refractivity contribution in [3.8, 4) is 0 Å². The molecule has 0 aliphatic heterocycles. The molecular formula is C15H17NO5. The van der Waals surface area contributed by atoms with E-state index in [9.17, 15) is 20.0 Å². The fourth-order valence-electron chi connectivity index (χ4n) is 2.33. The minimum atomic E-state index is -1.01. The standard InChI is InChI=1S/C15H17NO5/c1-15(2,3)21-13(18)7-9-5-4-6-10-12(17)8-11(14(9)10)16(19)20/h4-6,8,12,17H,7H2,1-3H3. The van der Waals surface area contributed by atoms with Gasteiger partial charge in [0.2, 0.25) is 0 Å². The van der Waals surface area contributed by atoms with Crippen molar-refractivity contribution in [3.05, 3.63) is 51.1 Å². The van der Waals surface area contributed by atoms with Crippen molar-refractivity contribution in [3.63, 3.8) is 0 Å². The summed E-state index contributed by atoms with van der Waals surface area (Å²) in [6.07, 6.45) is 0.0979. The van der Waals surface area contributed by atoms with Crippen LogP contribution in [0.15, 0.2) is 24.3 Å². The molecule has 6 heteroatoms. The first-order valence-corrected chi connectivity index (χ1v) is 6.57. The Morgan fingerprint density at radius 2 is 2.10 bits per heavy atom. The summed E-state index contributed by atoms with van der Waals surface area (Å²) in [5.41, 5.74) is 0.470. The molecular weight excluding hydrogens is 274 g/mol. The number of hydrogen-bond acceptors (Lipinski definition) is 5. The van der Waals surface area contributed by atoms with E-state index in [2.05, 4.69) is 0 Å². The average molecular weight is 291 g/mol. The van der Waals surface area contributed by atoms with Crippen molar-refractivity contribution < 1.29 is 19.6 Å². The van der Waals surface area contributed by atoms with Gasteiger partial charge in [-0.2, -0.15) is 0 Å². The summed E-state index contributed by atoms with van der Waals surface area (Å²) in [7, 11) is 0. The summed E-state index contributed by atoms with van der Waals surface area (Å²) in [6, 6.07) is 4.92. The van der Waals surface area contributed by atoms with Gasteiger partial charge in [-0.15, -0.1) is 0 Å². The van der Waals surface area contributed by atoms with E-state index < -0.39 is 22.6 Å². The molecule has 0 radical (unpaired) electrons. The number of nitrogens with zero attached hydrogens (tertiary/aromatic N) is 1. The molecule has 1 aromatic carbocycles. The summed E-state index contributed by atoms with van der Waals surface area (Å²) in [5.74, 6) is -0.458. The second kappa shape index (κ2) is 5.29. The number of aliphatic hydroxyl groups excluding tert-OH is 1. The second-order valence-electron chi connectivity index (χ2n) is 5.90. The van der Waals surface area contributed by atoms with Gasteiger partial charge in [0, 0.05) is 6.08 Å². The fraction of sp³-hybridized carbons (Fsp3) is 0.400. The van der Waals surface area contributed by atoms with Gasteiger partial charge in [-0.25, -0.2) is 0 Å². The van der Waals surface area contributed by atoms with Gasteiger partial charge in [0.15, 0.2) is 0 Å². The van der Waals surface area contributed by atoms with Crippen molar-refractivity contribution in [2.75, 3.05) is 0 Å². The van der Waals surface area contributed by atoms with E-state index in [0.717, 1.165) is 0 Å². The Morgan fingerprint density at radius 3 is 2.67 bits per heavy atom. The molecule has 21 heavy (non-hydrogen) atoms. The lowest BCUT2D eigenvalue weighted by Gasteiger charge is -2.20. The molecule has 1 unspecified atom stereocenters. The highest BCUT2D eigenvalue weighted by Crippen LogP contribution is 2.37. The molecule has 6 nitrogen and oxygen atoms in total. The largest absolute Gasteiger partial charge is 0.460 e. The van der Waals surface area contributed by atoms with Crippen LogP contribution in [-0.4, -0.2) is 21.6 Å². The topological polar surface area (TPSA) is 89.7 Å². The monoisotopic (exact) mass is 291 g/mol. The molecule has 1 aromatic rings. The molecule has 0 aromatic heterocycles. The number of esters is 1. The maximum atomic E-state index is 11.9. The van der Waals surface area contributed by atoms with Crippen LogP contribution in [0.4, 0.5) is 0 Å². The lowest BCUT2D eigenvalue weighted by Crippen LogP contribution is -2.25. The summed E-state index contributed by atoms with van der Waals surface area (Å²) >= 11 is 0. The number of benzene rings is 1. The first-order valence-electron chi connectivity index (χ1n) is 6.57. The molecule has 1 aliphatic rings. The maximum absolute atomic E-state index is 11.9. The van der Waals surface area contributed by atoms with Gasteiger partial charge in [-0.3, -0.25) is 14.9 Å². The van der Waals surface area contributed by atoms with Gasteiger partial charge in [-0.1, -0.05) is 18.2 Å². The Kier molecular flexibility index (Phi) is 3.82. The van der Waals surface area contributed by atoms with E-state index in [1.54, 1.807) is 39.0 Å². The van der Waals surface area contributed by atoms with E-state index >= 15 is 0 Å². The smallest absolute Gasteiger partial charge is 0.310 e. The third-order valence-electron chi connectivity index (χ3n) is 3.03.